The molecule has 2 amide bonds. The highest BCUT2D eigenvalue weighted by atomic mass is 16.4. The maximum absolute atomic E-state index is 11.5. The van der Waals surface area contributed by atoms with Crippen LogP contribution in [0.3, 0.4) is 0 Å². The van der Waals surface area contributed by atoms with Gasteiger partial charge in [-0.1, -0.05) is 13.8 Å². The van der Waals surface area contributed by atoms with E-state index in [-0.39, 0.29) is 19.0 Å². The van der Waals surface area contributed by atoms with Gasteiger partial charge in [-0.3, -0.25) is 4.79 Å². The van der Waals surface area contributed by atoms with Gasteiger partial charge in [0.15, 0.2) is 0 Å². The minimum Gasteiger partial charge on any atom is -0.481 e. The number of aromatic nitrogens is 1. The molecule has 0 aromatic carbocycles. The van der Waals surface area contributed by atoms with E-state index in [1.165, 1.54) is 0 Å². The van der Waals surface area contributed by atoms with E-state index in [4.69, 9.17) is 9.52 Å². The zero-order chi connectivity index (χ0) is 14.4. The molecular formula is C12H19N3O4. The van der Waals surface area contributed by atoms with Crippen LogP contribution in [-0.4, -0.2) is 28.6 Å². The summed E-state index contributed by atoms with van der Waals surface area (Å²) in [6.45, 7) is 5.61. The monoisotopic (exact) mass is 269 g/mol. The van der Waals surface area contributed by atoms with Gasteiger partial charge in [0.25, 0.3) is 0 Å². The molecule has 1 heterocycles. The molecule has 19 heavy (non-hydrogen) atoms. The van der Waals surface area contributed by atoms with Crippen molar-refractivity contribution in [2.75, 3.05) is 6.54 Å². The van der Waals surface area contributed by atoms with Gasteiger partial charge in [-0.2, -0.15) is 0 Å². The first-order valence-corrected chi connectivity index (χ1v) is 6.06. The maximum atomic E-state index is 11.5. The highest BCUT2D eigenvalue weighted by Gasteiger charge is 2.21. The van der Waals surface area contributed by atoms with Crippen molar-refractivity contribution in [3.8, 4) is 0 Å². The Bertz CT molecular complexity index is 442. The Labute approximate surface area is 111 Å². The predicted octanol–water partition coefficient (Wildman–Crippen LogP) is 1.14. The van der Waals surface area contributed by atoms with Crippen LogP contribution in [0, 0.1) is 18.8 Å². The van der Waals surface area contributed by atoms with Crippen LogP contribution in [-0.2, 0) is 11.3 Å². The lowest BCUT2D eigenvalue weighted by Gasteiger charge is -2.16. The number of carboxylic acids is 1. The zero-order valence-corrected chi connectivity index (χ0v) is 11.3. The van der Waals surface area contributed by atoms with Crippen molar-refractivity contribution in [2.45, 2.75) is 27.3 Å². The highest BCUT2D eigenvalue weighted by molar-refractivity contribution is 5.75. The second-order valence-corrected chi connectivity index (χ2v) is 4.62. The molecule has 0 saturated carbocycles. The van der Waals surface area contributed by atoms with Crippen molar-refractivity contribution in [2.24, 2.45) is 11.8 Å². The van der Waals surface area contributed by atoms with Crippen LogP contribution in [0.15, 0.2) is 10.6 Å². The van der Waals surface area contributed by atoms with Crippen molar-refractivity contribution in [1.29, 1.82) is 0 Å². The maximum Gasteiger partial charge on any atom is 0.315 e. The fourth-order valence-electron chi connectivity index (χ4n) is 1.51. The van der Waals surface area contributed by atoms with Gasteiger partial charge in [-0.05, 0) is 12.8 Å². The number of rotatable bonds is 6. The summed E-state index contributed by atoms with van der Waals surface area (Å²) in [5.41, 5.74) is 0. The van der Waals surface area contributed by atoms with E-state index in [0.717, 1.165) is 0 Å². The fraction of sp³-hybridized carbons (Fsp3) is 0.583. The Kier molecular flexibility index (Phi) is 5.35. The summed E-state index contributed by atoms with van der Waals surface area (Å²) < 4.78 is 5.19. The van der Waals surface area contributed by atoms with Gasteiger partial charge in [0.1, 0.15) is 5.76 Å². The van der Waals surface area contributed by atoms with E-state index in [2.05, 4.69) is 15.6 Å². The second-order valence-electron chi connectivity index (χ2n) is 4.62. The van der Waals surface area contributed by atoms with Gasteiger partial charge >= 0.3 is 12.0 Å². The van der Waals surface area contributed by atoms with Crippen LogP contribution in [0.5, 0.6) is 0 Å². The number of aryl methyl sites for hydroxylation is 1. The number of hydrogen-bond donors (Lipinski definition) is 3. The van der Waals surface area contributed by atoms with Gasteiger partial charge < -0.3 is 20.2 Å². The number of urea groups is 1. The molecule has 0 aliphatic carbocycles. The summed E-state index contributed by atoms with van der Waals surface area (Å²) in [4.78, 5) is 26.4. The number of carbonyl (C=O) groups excluding carboxylic acids is 1. The Hall–Kier alpha value is -2.05. The average molecular weight is 269 g/mol. The SMILES string of the molecule is Cc1cnc(CNC(=O)NCC(C(=O)O)C(C)C)o1. The summed E-state index contributed by atoms with van der Waals surface area (Å²) in [6, 6.07) is -0.442. The number of nitrogens with zero attached hydrogens (tertiary/aromatic N) is 1. The lowest BCUT2D eigenvalue weighted by Crippen LogP contribution is -2.41. The van der Waals surface area contributed by atoms with Crippen LogP contribution in [0.2, 0.25) is 0 Å². The first-order valence-electron chi connectivity index (χ1n) is 6.06. The van der Waals surface area contributed by atoms with Crippen molar-refractivity contribution in [1.82, 2.24) is 15.6 Å². The van der Waals surface area contributed by atoms with Crippen LogP contribution >= 0.6 is 0 Å². The number of aliphatic carboxylic acids is 1. The summed E-state index contributed by atoms with van der Waals surface area (Å²) in [6.07, 6.45) is 1.56. The molecule has 1 aromatic heterocycles. The third-order valence-corrected chi connectivity index (χ3v) is 2.67. The van der Waals surface area contributed by atoms with E-state index >= 15 is 0 Å². The average Bonchev–Trinajstić information content (AvgIpc) is 2.71. The predicted molar refractivity (Wildman–Crippen MR) is 67.4 cm³/mol. The molecule has 0 radical (unpaired) electrons. The van der Waals surface area contributed by atoms with Gasteiger partial charge in [-0.25, -0.2) is 9.78 Å². The number of carboxylic acid groups (broad SMARTS) is 1. The second kappa shape index (κ2) is 6.77. The topological polar surface area (TPSA) is 104 Å². The third kappa shape index (κ3) is 4.99. The number of amides is 2. The highest BCUT2D eigenvalue weighted by Crippen LogP contribution is 2.09. The molecule has 1 atom stereocenters. The Morgan fingerprint density at radius 3 is 2.58 bits per heavy atom. The Morgan fingerprint density at radius 2 is 2.11 bits per heavy atom. The molecular weight excluding hydrogens is 250 g/mol. The van der Waals surface area contributed by atoms with E-state index in [1.54, 1.807) is 27.0 Å². The van der Waals surface area contributed by atoms with Gasteiger partial charge in [-0.15, -0.1) is 0 Å². The number of nitrogens with one attached hydrogen (secondary N) is 2. The minimum absolute atomic E-state index is 0.0489. The van der Waals surface area contributed by atoms with Crippen LogP contribution in [0.1, 0.15) is 25.5 Å². The number of oxazole rings is 1. The Morgan fingerprint density at radius 1 is 1.42 bits per heavy atom. The summed E-state index contributed by atoms with van der Waals surface area (Å²) in [5.74, 6) is -0.491. The molecule has 0 spiro atoms. The van der Waals surface area contributed by atoms with Gasteiger partial charge in [0.2, 0.25) is 5.89 Å². The third-order valence-electron chi connectivity index (χ3n) is 2.67. The van der Waals surface area contributed by atoms with Gasteiger partial charge in [0.05, 0.1) is 18.7 Å². The van der Waals surface area contributed by atoms with Gasteiger partial charge in [0, 0.05) is 6.54 Å². The normalized spacial score (nSPS) is 12.2. The lowest BCUT2D eigenvalue weighted by atomic mass is 9.96. The molecule has 7 nitrogen and oxygen atoms in total. The molecule has 0 bridgehead atoms. The quantitative estimate of drug-likeness (QED) is 0.718. The first-order chi connectivity index (χ1) is 8.90. The Balaban J connectivity index is 2.33. The lowest BCUT2D eigenvalue weighted by molar-refractivity contribution is -0.142. The molecule has 0 fully saturated rings. The van der Waals surface area contributed by atoms with Crippen LogP contribution < -0.4 is 10.6 Å². The largest absolute Gasteiger partial charge is 0.481 e. The first kappa shape index (κ1) is 15.0. The number of carbonyl (C=O) groups is 2. The molecule has 3 N–H and O–H groups in total. The molecule has 1 rings (SSSR count). The molecule has 1 unspecified atom stereocenters. The summed E-state index contributed by atoms with van der Waals surface area (Å²) in [7, 11) is 0. The number of hydrogen-bond acceptors (Lipinski definition) is 4. The standard InChI is InChI=1S/C12H19N3O4/c1-7(2)9(11(16)17)5-14-12(18)15-6-10-13-4-8(3)19-10/h4,7,9H,5-6H2,1-3H3,(H,16,17)(H2,14,15,18). The molecule has 106 valence electrons. The fourth-order valence-corrected chi connectivity index (χ4v) is 1.51. The molecule has 0 aliphatic heterocycles. The van der Waals surface area contributed by atoms with E-state index < -0.39 is 17.9 Å². The van der Waals surface area contributed by atoms with Crippen molar-refractivity contribution in [3.05, 3.63) is 17.8 Å². The van der Waals surface area contributed by atoms with Crippen LogP contribution in [0.25, 0.3) is 0 Å². The van der Waals surface area contributed by atoms with Crippen molar-refractivity contribution >= 4 is 12.0 Å². The van der Waals surface area contributed by atoms with Crippen LogP contribution in [0.4, 0.5) is 4.79 Å². The molecule has 1 aromatic rings. The molecule has 7 heteroatoms. The van der Waals surface area contributed by atoms with E-state index in [0.29, 0.717) is 11.7 Å². The van der Waals surface area contributed by atoms with E-state index in [1.807, 2.05) is 0 Å². The zero-order valence-electron chi connectivity index (χ0n) is 11.3. The van der Waals surface area contributed by atoms with Crippen molar-refractivity contribution < 1.29 is 19.1 Å². The van der Waals surface area contributed by atoms with Crippen molar-refractivity contribution in [3.63, 3.8) is 0 Å². The van der Waals surface area contributed by atoms with E-state index in [9.17, 15) is 9.59 Å². The summed E-state index contributed by atoms with van der Waals surface area (Å²) in [5, 5.41) is 14.0. The smallest absolute Gasteiger partial charge is 0.315 e. The molecule has 0 aliphatic rings. The molecule has 0 saturated heterocycles. The summed E-state index contributed by atoms with van der Waals surface area (Å²) >= 11 is 0. The minimum atomic E-state index is -0.918.